The van der Waals surface area contributed by atoms with E-state index in [9.17, 15) is 14.7 Å². The first-order chi connectivity index (χ1) is 18.3. The molecule has 1 N–H and O–H groups in total. The lowest BCUT2D eigenvalue weighted by molar-refractivity contribution is -0.101. The molecule has 212 valence electrons. The third kappa shape index (κ3) is 7.13. The molecule has 0 bridgehead atoms. The Kier molecular flexibility index (Phi) is 8.31. The maximum absolute atomic E-state index is 13.4. The molecule has 2 saturated heterocycles. The summed E-state index contributed by atoms with van der Waals surface area (Å²) in [5, 5.41) is 10.6. The Morgan fingerprint density at radius 1 is 1.03 bits per heavy atom. The molecule has 4 rings (SSSR count). The Balaban J connectivity index is 1.39. The molecule has 2 unspecified atom stereocenters. The third-order valence-electron chi connectivity index (χ3n) is 7.80. The van der Waals surface area contributed by atoms with Crippen molar-refractivity contribution in [1.29, 1.82) is 0 Å². The number of carbonyl (C=O) groups excluding carboxylic acids is 2. The number of nitrogens with zero attached hydrogens (tertiary/aromatic N) is 2. The molecule has 2 aliphatic rings. The molecule has 2 fully saturated rings. The van der Waals surface area contributed by atoms with E-state index in [1.54, 1.807) is 23.6 Å². The number of amides is 2. The second-order valence-electron chi connectivity index (χ2n) is 12.7. The topological polar surface area (TPSA) is 79.3 Å². The average molecular weight is 537 g/mol. The second kappa shape index (κ2) is 11.2. The van der Waals surface area contributed by atoms with E-state index < -0.39 is 16.8 Å². The smallest absolute Gasteiger partial charge is 0.411 e. The number of hydrogen-bond donors (Lipinski definition) is 1. The largest absolute Gasteiger partial charge is 0.444 e. The van der Waals surface area contributed by atoms with Gasteiger partial charge in [-0.2, -0.15) is 0 Å². The lowest BCUT2D eigenvalue weighted by Crippen LogP contribution is -2.51. The maximum Gasteiger partial charge on any atom is 0.411 e. The quantitative estimate of drug-likeness (QED) is 0.441. The van der Waals surface area contributed by atoms with Gasteiger partial charge >= 0.3 is 12.2 Å². The minimum Gasteiger partial charge on any atom is -0.444 e. The first-order valence-corrected chi connectivity index (χ1v) is 14.1. The Labute approximate surface area is 233 Å². The van der Waals surface area contributed by atoms with Crippen LogP contribution in [0.25, 0.3) is 0 Å². The summed E-state index contributed by atoms with van der Waals surface area (Å²) in [5.74, 6) is 0.390. The molecule has 7 nitrogen and oxygen atoms in total. The molecule has 2 amide bonds. The summed E-state index contributed by atoms with van der Waals surface area (Å²) in [7, 11) is 0. The van der Waals surface area contributed by atoms with Gasteiger partial charge in [-0.15, -0.1) is 0 Å². The second-order valence-corrected chi connectivity index (χ2v) is 12.7. The van der Waals surface area contributed by atoms with Gasteiger partial charge in [-0.25, -0.2) is 9.59 Å². The number of likely N-dealkylation sites (tertiary alicyclic amines) is 1. The number of ether oxygens (including phenoxy) is 2. The highest BCUT2D eigenvalue weighted by atomic mass is 16.6. The van der Waals surface area contributed by atoms with Crippen LogP contribution in [0.2, 0.25) is 0 Å². The minimum absolute atomic E-state index is 0.142. The van der Waals surface area contributed by atoms with Crippen LogP contribution in [0.1, 0.15) is 95.9 Å². The van der Waals surface area contributed by atoms with E-state index in [1.165, 1.54) is 5.56 Å². The first kappa shape index (κ1) is 28.9. The molecule has 0 spiro atoms. The van der Waals surface area contributed by atoms with Crippen LogP contribution in [0.15, 0.2) is 54.6 Å². The Morgan fingerprint density at radius 2 is 1.64 bits per heavy atom. The van der Waals surface area contributed by atoms with Crippen molar-refractivity contribution in [2.24, 2.45) is 0 Å². The standard InChI is InChI=1S/C32H44N2O5/c1-23(34-21-18-32(39-29(34)36,22-31(5,6)37)27-10-8-7-9-11-27)24-12-14-25(15-13-24)26-16-19-33(20-17-26)28(35)38-30(2,3)4/h7-15,23,26,37H,16-22H2,1-6H3. The van der Waals surface area contributed by atoms with E-state index in [-0.39, 0.29) is 18.2 Å². The fraction of sp³-hybridized carbons (Fsp3) is 0.562. The number of piperidine rings is 1. The Hall–Kier alpha value is -3.06. The van der Waals surface area contributed by atoms with Crippen molar-refractivity contribution in [3.63, 3.8) is 0 Å². The van der Waals surface area contributed by atoms with Crippen LogP contribution in [0.4, 0.5) is 9.59 Å². The van der Waals surface area contributed by atoms with Crippen molar-refractivity contribution in [2.45, 2.75) is 96.0 Å². The van der Waals surface area contributed by atoms with Gasteiger partial charge in [0.05, 0.1) is 11.6 Å². The van der Waals surface area contributed by atoms with Gasteiger partial charge in [-0.1, -0.05) is 54.6 Å². The molecule has 0 saturated carbocycles. The molecule has 0 radical (unpaired) electrons. The summed E-state index contributed by atoms with van der Waals surface area (Å²) >= 11 is 0. The summed E-state index contributed by atoms with van der Waals surface area (Å²) in [6.45, 7) is 13.1. The van der Waals surface area contributed by atoms with Gasteiger partial charge in [0.2, 0.25) is 0 Å². The SMILES string of the molecule is CC(c1ccc(C2CCN(C(=O)OC(C)(C)C)CC2)cc1)N1CCC(CC(C)(C)O)(c2ccccc2)OC1=O. The third-order valence-corrected chi connectivity index (χ3v) is 7.80. The van der Waals surface area contributed by atoms with E-state index in [2.05, 4.69) is 24.3 Å². The van der Waals surface area contributed by atoms with Gasteiger partial charge in [0.1, 0.15) is 11.2 Å². The molecule has 2 atom stereocenters. The van der Waals surface area contributed by atoms with E-state index >= 15 is 0 Å². The zero-order valence-electron chi connectivity index (χ0n) is 24.3. The number of aliphatic hydroxyl groups is 1. The fourth-order valence-electron chi connectivity index (χ4n) is 5.84. The van der Waals surface area contributed by atoms with Crippen LogP contribution in [-0.2, 0) is 15.1 Å². The van der Waals surface area contributed by atoms with Crippen molar-refractivity contribution in [3.8, 4) is 0 Å². The van der Waals surface area contributed by atoms with Gasteiger partial charge in [-0.3, -0.25) is 0 Å². The Bertz CT molecular complexity index is 1130. The highest BCUT2D eigenvalue weighted by Gasteiger charge is 2.46. The number of hydrogen-bond acceptors (Lipinski definition) is 5. The summed E-state index contributed by atoms with van der Waals surface area (Å²) in [4.78, 5) is 29.3. The molecule has 2 aliphatic heterocycles. The monoisotopic (exact) mass is 536 g/mol. The fourth-order valence-corrected chi connectivity index (χ4v) is 5.84. The highest BCUT2D eigenvalue weighted by molar-refractivity contribution is 5.70. The molecule has 2 aromatic carbocycles. The molecule has 0 aliphatic carbocycles. The molecule has 7 heteroatoms. The van der Waals surface area contributed by atoms with Crippen molar-refractivity contribution in [3.05, 3.63) is 71.3 Å². The zero-order chi connectivity index (χ0) is 28.4. The predicted molar refractivity (Wildman–Crippen MR) is 151 cm³/mol. The summed E-state index contributed by atoms with van der Waals surface area (Å²) in [5.41, 5.74) is 0.892. The predicted octanol–water partition coefficient (Wildman–Crippen LogP) is 6.76. The number of carbonyl (C=O) groups is 2. The molecule has 2 aromatic rings. The van der Waals surface area contributed by atoms with Crippen LogP contribution < -0.4 is 0 Å². The van der Waals surface area contributed by atoms with Crippen molar-refractivity contribution < 1.29 is 24.2 Å². The van der Waals surface area contributed by atoms with E-state index in [0.717, 1.165) is 24.0 Å². The summed E-state index contributed by atoms with van der Waals surface area (Å²) in [6, 6.07) is 18.1. The molecular formula is C32H44N2O5. The van der Waals surface area contributed by atoms with Crippen LogP contribution in [0.3, 0.4) is 0 Å². The normalized spacial score (nSPS) is 21.9. The van der Waals surface area contributed by atoms with E-state index in [4.69, 9.17) is 9.47 Å². The Morgan fingerprint density at radius 3 is 2.18 bits per heavy atom. The van der Waals surface area contributed by atoms with Crippen molar-refractivity contribution >= 4 is 12.2 Å². The molecular weight excluding hydrogens is 492 g/mol. The van der Waals surface area contributed by atoms with E-state index in [0.29, 0.717) is 38.4 Å². The lowest BCUT2D eigenvalue weighted by atomic mass is 9.80. The zero-order valence-corrected chi connectivity index (χ0v) is 24.3. The van der Waals surface area contributed by atoms with Crippen LogP contribution >= 0.6 is 0 Å². The van der Waals surface area contributed by atoms with Gasteiger partial charge in [0, 0.05) is 32.5 Å². The van der Waals surface area contributed by atoms with Gasteiger partial charge < -0.3 is 24.4 Å². The van der Waals surface area contributed by atoms with Crippen molar-refractivity contribution in [1.82, 2.24) is 9.80 Å². The number of benzene rings is 2. The van der Waals surface area contributed by atoms with E-state index in [1.807, 2.05) is 58.0 Å². The first-order valence-electron chi connectivity index (χ1n) is 14.1. The van der Waals surface area contributed by atoms with Gasteiger partial charge in [-0.05, 0) is 77.0 Å². The van der Waals surface area contributed by atoms with Crippen LogP contribution in [0, 0.1) is 0 Å². The molecule has 39 heavy (non-hydrogen) atoms. The molecule has 0 aromatic heterocycles. The minimum atomic E-state index is -0.983. The van der Waals surface area contributed by atoms with Gasteiger partial charge in [0.25, 0.3) is 0 Å². The summed E-state index contributed by atoms with van der Waals surface area (Å²) in [6.07, 6.45) is 2.13. The number of rotatable bonds is 6. The lowest BCUT2D eigenvalue weighted by Gasteiger charge is -2.45. The number of cyclic esters (lactones) is 1. The maximum atomic E-state index is 13.4. The average Bonchev–Trinajstić information content (AvgIpc) is 2.87. The molecule has 2 heterocycles. The highest BCUT2D eigenvalue weighted by Crippen LogP contribution is 2.42. The van der Waals surface area contributed by atoms with Crippen LogP contribution in [-0.4, -0.2) is 57.9 Å². The van der Waals surface area contributed by atoms with Gasteiger partial charge in [0.15, 0.2) is 0 Å². The summed E-state index contributed by atoms with van der Waals surface area (Å²) < 4.78 is 11.7. The van der Waals surface area contributed by atoms with Crippen LogP contribution in [0.5, 0.6) is 0 Å². The van der Waals surface area contributed by atoms with Crippen molar-refractivity contribution in [2.75, 3.05) is 19.6 Å².